The standard InChI is InChI=1S/C10H9NOS/c1-7-9(12)11-10(13-7)8-5-3-2-4-6-8/h2-7H,1H3. The number of thioether (sulfide) groups is 1. The van der Waals surface area contributed by atoms with Crippen molar-refractivity contribution in [2.45, 2.75) is 12.2 Å². The topological polar surface area (TPSA) is 29.4 Å². The number of carbonyl (C=O) groups excluding carboxylic acids is 1. The van der Waals surface area contributed by atoms with Crippen LogP contribution in [-0.2, 0) is 4.79 Å². The summed E-state index contributed by atoms with van der Waals surface area (Å²) in [6.07, 6.45) is 0. The van der Waals surface area contributed by atoms with Crippen LogP contribution in [0.2, 0.25) is 0 Å². The molecular weight excluding hydrogens is 182 g/mol. The van der Waals surface area contributed by atoms with Crippen LogP contribution in [0.5, 0.6) is 0 Å². The van der Waals surface area contributed by atoms with Gasteiger partial charge in [-0.3, -0.25) is 4.79 Å². The molecular formula is C10H9NOS. The van der Waals surface area contributed by atoms with Gasteiger partial charge in [-0.15, -0.1) is 0 Å². The van der Waals surface area contributed by atoms with Crippen LogP contribution in [-0.4, -0.2) is 16.2 Å². The van der Waals surface area contributed by atoms with Crippen molar-refractivity contribution >= 4 is 22.7 Å². The van der Waals surface area contributed by atoms with E-state index in [1.54, 1.807) is 0 Å². The summed E-state index contributed by atoms with van der Waals surface area (Å²) in [6, 6.07) is 9.79. The maximum atomic E-state index is 11.1. The van der Waals surface area contributed by atoms with Gasteiger partial charge in [-0.05, 0) is 6.92 Å². The van der Waals surface area contributed by atoms with Crippen molar-refractivity contribution in [2.24, 2.45) is 4.99 Å². The first-order chi connectivity index (χ1) is 6.27. The Morgan fingerprint density at radius 2 is 2.00 bits per heavy atom. The lowest BCUT2D eigenvalue weighted by molar-refractivity contribution is -0.116. The first-order valence-corrected chi connectivity index (χ1v) is 5.00. The number of benzene rings is 1. The number of hydrogen-bond donors (Lipinski definition) is 0. The minimum absolute atomic E-state index is 0.0183. The predicted molar refractivity (Wildman–Crippen MR) is 55.0 cm³/mol. The fourth-order valence-electron chi connectivity index (χ4n) is 1.15. The molecule has 1 aromatic carbocycles. The highest BCUT2D eigenvalue weighted by molar-refractivity contribution is 8.16. The summed E-state index contributed by atoms with van der Waals surface area (Å²) in [5, 5.41) is 0.827. The molecule has 2 nitrogen and oxygen atoms in total. The summed E-state index contributed by atoms with van der Waals surface area (Å²) in [5.41, 5.74) is 1.03. The average Bonchev–Trinajstić information content (AvgIpc) is 2.49. The lowest BCUT2D eigenvalue weighted by Gasteiger charge is -1.98. The zero-order chi connectivity index (χ0) is 9.26. The zero-order valence-corrected chi connectivity index (χ0v) is 8.04. The third-order valence-corrected chi connectivity index (χ3v) is 2.97. The summed E-state index contributed by atoms with van der Waals surface area (Å²) in [7, 11) is 0. The van der Waals surface area contributed by atoms with Crippen molar-refractivity contribution in [3.8, 4) is 0 Å². The van der Waals surface area contributed by atoms with Crippen LogP contribution in [0.4, 0.5) is 0 Å². The second-order valence-electron chi connectivity index (χ2n) is 2.88. The molecule has 1 unspecified atom stereocenters. The van der Waals surface area contributed by atoms with E-state index in [1.807, 2.05) is 37.3 Å². The summed E-state index contributed by atoms with van der Waals surface area (Å²) in [4.78, 5) is 15.1. The SMILES string of the molecule is CC1SC(c2ccccc2)=NC1=O. The lowest BCUT2D eigenvalue weighted by Crippen LogP contribution is -2.02. The summed E-state index contributed by atoms with van der Waals surface area (Å²) >= 11 is 1.53. The monoisotopic (exact) mass is 191 g/mol. The minimum atomic E-state index is -0.0242. The van der Waals surface area contributed by atoms with E-state index >= 15 is 0 Å². The van der Waals surface area contributed by atoms with E-state index in [9.17, 15) is 4.79 Å². The molecule has 0 saturated heterocycles. The Balaban J connectivity index is 2.30. The van der Waals surface area contributed by atoms with Crippen molar-refractivity contribution in [2.75, 3.05) is 0 Å². The molecule has 1 amide bonds. The Labute approximate surface area is 81.1 Å². The molecule has 1 aliphatic rings. The Hall–Kier alpha value is -1.09. The van der Waals surface area contributed by atoms with Crippen molar-refractivity contribution in [1.29, 1.82) is 0 Å². The number of carbonyl (C=O) groups is 1. The van der Waals surface area contributed by atoms with Gasteiger partial charge in [0.15, 0.2) is 0 Å². The van der Waals surface area contributed by atoms with E-state index in [4.69, 9.17) is 0 Å². The Kier molecular flexibility index (Phi) is 2.19. The van der Waals surface area contributed by atoms with Crippen molar-refractivity contribution in [3.63, 3.8) is 0 Å². The lowest BCUT2D eigenvalue weighted by atomic mass is 10.2. The van der Waals surface area contributed by atoms with Gasteiger partial charge in [0.25, 0.3) is 5.91 Å². The highest BCUT2D eigenvalue weighted by Crippen LogP contribution is 2.25. The number of aliphatic imine (C=N–C) groups is 1. The molecule has 0 radical (unpaired) electrons. The molecule has 0 aromatic heterocycles. The zero-order valence-electron chi connectivity index (χ0n) is 7.23. The normalized spacial score (nSPS) is 21.8. The first kappa shape index (κ1) is 8.51. The van der Waals surface area contributed by atoms with Gasteiger partial charge in [0.2, 0.25) is 0 Å². The quantitative estimate of drug-likeness (QED) is 0.680. The van der Waals surface area contributed by atoms with E-state index in [1.165, 1.54) is 11.8 Å². The highest BCUT2D eigenvalue weighted by atomic mass is 32.2. The minimum Gasteiger partial charge on any atom is -0.271 e. The summed E-state index contributed by atoms with van der Waals surface area (Å²) < 4.78 is 0. The first-order valence-electron chi connectivity index (χ1n) is 4.12. The second kappa shape index (κ2) is 3.34. The van der Waals surface area contributed by atoms with Crippen molar-refractivity contribution in [3.05, 3.63) is 35.9 Å². The molecule has 1 heterocycles. The third kappa shape index (κ3) is 1.65. The van der Waals surface area contributed by atoms with Gasteiger partial charge in [0.1, 0.15) is 5.04 Å². The highest BCUT2D eigenvalue weighted by Gasteiger charge is 2.24. The Bertz CT molecular complexity index is 358. The molecule has 0 spiro atoms. The Morgan fingerprint density at radius 3 is 2.54 bits per heavy atom. The summed E-state index contributed by atoms with van der Waals surface area (Å²) in [6.45, 7) is 1.88. The van der Waals surface area contributed by atoms with Crippen LogP contribution < -0.4 is 0 Å². The molecule has 1 atom stereocenters. The van der Waals surface area contributed by atoms with Gasteiger partial charge in [-0.2, -0.15) is 0 Å². The molecule has 3 heteroatoms. The van der Waals surface area contributed by atoms with Gasteiger partial charge in [0, 0.05) is 5.56 Å². The largest absolute Gasteiger partial charge is 0.271 e. The van der Waals surface area contributed by atoms with Crippen LogP contribution in [0, 0.1) is 0 Å². The van der Waals surface area contributed by atoms with Gasteiger partial charge < -0.3 is 0 Å². The molecule has 66 valence electrons. The van der Waals surface area contributed by atoms with Gasteiger partial charge in [-0.1, -0.05) is 42.1 Å². The van der Waals surface area contributed by atoms with E-state index in [-0.39, 0.29) is 11.2 Å². The van der Waals surface area contributed by atoms with Gasteiger partial charge in [-0.25, -0.2) is 4.99 Å². The number of rotatable bonds is 1. The smallest absolute Gasteiger partial charge is 0.259 e. The number of amides is 1. The molecule has 1 aromatic rings. The van der Waals surface area contributed by atoms with E-state index in [2.05, 4.69) is 4.99 Å². The van der Waals surface area contributed by atoms with E-state index < -0.39 is 0 Å². The molecule has 0 fully saturated rings. The second-order valence-corrected chi connectivity index (χ2v) is 4.21. The van der Waals surface area contributed by atoms with Crippen LogP contribution in [0.25, 0.3) is 0 Å². The molecule has 0 bridgehead atoms. The van der Waals surface area contributed by atoms with E-state index in [0.717, 1.165) is 10.6 Å². The average molecular weight is 191 g/mol. The molecule has 13 heavy (non-hydrogen) atoms. The molecule has 1 aliphatic heterocycles. The van der Waals surface area contributed by atoms with Crippen molar-refractivity contribution < 1.29 is 4.79 Å². The maximum absolute atomic E-state index is 11.1. The number of hydrogen-bond acceptors (Lipinski definition) is 2. The fraction of sp³-hybridized carbons (Fsp3) is 0.200. The molecule has 2 rings (SSSR count). The maximum Gasteiger partial charge on any atom is 0.259 e. The predicted octanol–water partition coefficient (Wildman–Crippen LogP) is 2.10. The van der Waals surface area contributed by atoms with E-state index in [0.29, 0.717) is 0 Å². The van der Waals surface area contributed by atoms with Crippen LogP contribution in [0.1, 0.15) is 12.5 Å². The van der Waals surface area contributed by atoms with Gasteiger partial charge >= 0.3 is 0 Å². The molecule has 0 saturated carbocycles. The third-order valence-electron chi connectivity index (χ3n) is 1.87. The Morgan fingerprint density at radius 1 is 1.31 bits per heavy atom. The van der Waals surface area contributed by atoms with Gasteiger partial charge in [0.05, 0.1) is 5.25 Å². The molecule has 0 aliphatic carbocycles. The fourth-order valence-corrected chi connectivity index (χ4v) is 2.05. The van der Waals surface area contributed by atoms with Crippen LogP contribution >= 0.6 is 11.8 Å². The van der Waals surface area contributed by atoms with Crippen LogP contribution in [0.3, 0.4) is 0 Å². The van der Waals surface area contributed by atoms with Crippen molar-refractivity contribution in [1.82, 2.24) is 0 Å². The number of nitrogens with zero attached hydrogens (tertiary/aromatic N) is 1. The summed E-state index contributed by atoms with van der Waals surface area (Å²) in [5.74, 6) is -0.0242. The molecule has 0 N–H and O–H groups in total. The van der Waals surface area contributed by atoms with Crippen LogP contribution in [0.15, 0.2) is 35.3 Å².